The van der Waals surface area contributed by atoms with Crippen LogP contribution in [0.15, 0.2) is 12.2 Å². The van der Waals surface area contributed by atoms with Gasteiger partial charge >= 0.3 is 0 Å². The summed E-state index contributed by atoms with van der Waals surface area (Å²) in [5.41, 5.74) is 0.760. The van der Waals surface area contributed by atoms with Crippen LogP contribution in [0, 0.1) is 40.4 Å². The van der Waals surface area contributed by atoms with Gasteiger partial charge in [-0.25, -0.2) is 0 Å². The number of nitrogens with zero attached hydrogens (tertiary/aromatic N) is 1. The van der Waals surface area contributed by atoms with Crippen LogP contribution >= 0.6 is 0 Å². The molecular weight excluding hydrogens is 318 g/mol. The maximum absolute atomic E-state index is 12.3. The molecule has 1 heterocycles. The van der Waals surface area contributed by atoms with Gasteiger partial charge in [0.25, 0.3) is 0 Å². The van der Waals surface area contributed by atoms with Gasteiger partial charge in [0.15, 0.2) is 0 Å². The predicted molar refractivity (Wildman–Crippen MR) is 108 cm³/mol. The average Bonchev–Trinajstić information content (AvgIpc) is 2.95. The summed E-state index contributed by atoms with van der Waals surface area (Å²) in [6.45, 7) is 9.95. The fraction of sp³-hybridized carbons (Fsp3) is 0.875. The van der Waals surface area contributed by atoms with E-state index in [1.165, 1.54) is 51.4 Å². The molecule has 0 aromatic rings. The summed E-state index contributed by atoms with van der Waals surface area (Å²) in [5, 5.41) is 0. The number of hydrogen-bond acceptors (Lipinski definition) is 1. The van der Waals surface area contributed by atoms with Gasteiger partial charge in [-0.1, -0.05) is 46.6 Å². The quantitative estimate of drug-likeness (QED) is 0.636. The third-order valence-electron chi connectivity index (χ3n) is 9.60. The van der Waals surface area contributed by atoms with Gasteiger partial charge in [-0.15, -0.1) is 0 Å². The molecule has 3 fully saturated rings. The number of fused-ring (bicyclic) bond motifs is 5. The van der Waals surface area contributed by atoms with E-state index in [0.717, 1.165) is 29.6 Å². The molecule has 8 atom stereocenters. The first kappa shape index (κ1) is 18.6. The second-order valence-electron chi connectivity index (χ2n) is 10.6. The van der Waals surface area contributed by atoms with E-state index < -0.39 is 0 Å². The molecule has 0 saturated heterocycles. The van der Waals surface area contributed by atoms with Gasteiger partial charge in [0, 0.05) is 18.5 Å². The SMILES string of the molecule is CCCC[C@H]1CC[C@H]2[C@@H]3[C@@H](C)C[C@H]4N(C)C(=O)C=C[C@]4(C)[C@H]3CC[C@]12C. The molecule has 3 saturated carbocycles. The zero-order chi connectivity index (χ0) is 18.7. The summed E-state index contributed by atoms with van der Waals surface area (Å²) in [4.78, 5) is 14.3. The van der Waals surface area contributed by atoms with Crippen molar-refractivity contribution < 1.29 is 4.79 Å². The molecule has 0 N–H and O–H groups in total. The number of carbonyl (C=O) groups is 1. The van der Waals surface area contributed by atoms with Crippen LogP contribution in [0.5, 0.6) is 0 Å². The Labute approximate surface area is 160 Å². The minimum absolute atomic E-state index is 0.183. The van der Waals surface area contributed by atoms with E-state index in [1.807, 2.05) is 13.1 Å². The van der Waals surface area contributed by atoms with Crippen molar-refractivity contribution in [1.29, 1.82) is 0 Å². The molecule has 0 unspecified atom stereocenters. The highest BCUT2D eigenvalue weighted by molar-refractivity contribution is 5.89. The fourth-order valence-electron chi connectivity index (χ4n) is 8.09. The second kappa shape index (κ2) is 6.38. The summed E-state index contributed by atoms with van der Waals surface area (Å²) in [6.07, 6.45) is 15.3. The van der Waals surface area contributed by atoms with Gasteiger partial charge in [0.1, 0.15) is 0 Å². The number of likely N-dealkylation sites (N-methyl/N-ethyl adjacent to an activating group) is 1. The molecule has 4 rings (SSSR count). The standard InChI is InChI=1S/C24H39NO/c1-6-7-8-17-9-10-18-22-16(2)15-20-24(4,14-12-21(26)25(20)5)19(22)11-13-23(17,18)3/h12,14,16-20,22H,6-11,13,15H2,1-5H3/t16-,17-,18-,19-,20+,22-,23+,24+/m0/s1. The third-order valence-corrected chi connectivity index (χ3v) is 9.60. The van der Waals surface area contributed by atoms with Crippen molar-refractivity contribution in [1.82, 2.24) is 4.90 Å². The Hall–Kier alpha value is -0.790. The highest BCUT2D eigenvalue weighted by Crippen LogP contribution is 2.67. The maximum atomic E-state index is 12.3. The number of carbonyl (C=O) groups excluding carboxylic acids is 1. The van der Waals surface area contributed by atoms with E-state index in [0.29, 0.717) is 11.5 Å². The molecule has 0 aromatic heterocycles. The molecule has 3 aliphatic carbocycles. The highest BCUT2D eigenvalue weighted by atomic mass is 16.2. The Balaban J connectivity index is 1.65. The third kappa shape index (κ3) is 2.46. The number of amides is 1. The molecule has 0 radical (unpaired) electrons. The lowest BCUT2D eigenvalue weighted by Crippen LogP contribution is -2.61. The van der Waals surface area contributed by atoms with E-state index in [9.17, 15) is 4.79 Å². The van der Waals surface area contributed by atoms with Crippen molar-refractivity contribution in [3.63, 3.8) is 0 Å². The molecule has 0 spiro atoms. The highest BCUT2D eigenvalue weighted by Gasteiger charge is 2.61. The Morgan fingerprint density at radius 1 is 1.19 bits per heavy atom. The zero-order valence-corrected chi connectivity index (χ0v) is 17.6. The molecule has 26 heavy (non-hydrogen) atoms. The van der Waals surface area contributed by atoms with Gasteiger partial charge in [0.05, 0.1) is 0 Å². The lowest BCUT2D eigenvalue weighted by Gasteiger charge is -2.62. The van der Waals surface area contributed by atoms with Crippen LogP contribution in [-0.4, -0.2) is 23.9 Å². The molecule has 0 aromatic carbocycles. The monoisotopic (exact) mass is 357 g/mol. The van der Waals surface area contributed by atoms with Crippen molar-refractivity contribution in [2.45, 2.75) is 85.1 Å². The number of unbranched alkanes of at least 4 members (excludes halogenated alkanes) is 1. The average molecular weight is 358 g/mol. The maximum Gasteiger partial charge on any atom is 0.246 e. The zero-order valence-electron chi connectivity index (χ0n) is 17.6. The Kier molecular flexibility index (Phi) is 4.56. The van der Waals surface area contributed by atoms with Gasteiger partial charge in [0.2, 0.25) is 5.91 Å². The van der Waals surface area contributed by atoms with Crippen molar-refractivity contribution >= 4 is 5.91 Å². The van der Waals surface area contributed by atoms with Crippen molar-refractivity contribution in [3.8, 4) is 0 Å². The van der Waals surface area contributed by atoms with Crippen molar-refractivity contribution in [3.05, 3.63) is 12.2 Å². The Morgan fingerprint density at radius 2 is 1.96 bits per heavy atom. The van der Waals surface area contributed by atoms with Crippen molar-refractivity contribution in [2.24, 2.45) is 40.4 Å². The van der Waals surface area contributed by atoms with E-state index in [-0.39, 0.29) is 11.3 Å². The Morgan fingerprint density at radius 3 is 2.69 bits per heavy atom. The summed E-state index contributed by atoms with van der Waals surface area (Å²) in [5.74, 6) is 4.43. The number of rotatable bonds is 3. The van der Waals surface area contributed by atoms with Crippen LogP contribution in [0.2, 0.25) is 0 Å². The van der Waals surface area contributed by atoms with Crippen LogP contribution in [0.4, 0.5) is 0 Å². The van der Waals surface area contributed by atoms with Crippen LogP contribution < -0.4 is 0 Å². The molecule has 4 aliphatic rings. The van der Waals surface area contributed by atoms with E-state index in [2.05, 4.69) is 38.7 Å². The minimum Gasteiger partial charge on any atom is -0.338 e. The summed E-state index contributed by atoms with van der Waals surface area (Å²) in [7, 11) is 2.03. The minimum atomic E-state index is 0.183. The lowest BCUT2D eigenvalue weighted by molar-refractivity contribution is -0.144. The Bertz CT molecular complexity index is 597. The molecule has 2 nitrogen and oxygen atoms in total. The largest absolute Gasteiger partial charge is 0.338 e. The first-order valence-corrected chi connectivity index (χ1v) is 11.3. The summed E-state index contributed by atoms with van der Waals surface area (Å²) >= 11 is 0. The molecule has 1 amide bonds. The first-order chi connectivity index (χ1) is 12.3. The van der Waals surface area contributed by atoms with E-state index in [4.69, 9.17) is 0 Å². The number of hydrogen-bond donors (Lipinski definition) is 0. The topological polar surface area (TPSA) is 20.3 Å². The van der Waals surface area contributed by atoms with Crippen LogP contribution in [0.25, 0.3) is 0 Å². The van der Waals surface area contributed by atoms with E-state index >= 15 is 0 Å². The smallest absolute Gasteiger partial charge is 0.246 e. The molecular formula is C24H39NO. The van der Waals surface area contributed by atoms with Gasteiger partial charge in [-0.2, -0.15) is 0 Å². The van der Waals surface area contributed by atoms with Crippen molar-refractivity contribution in [2.75, 3.05) is 7.05 Å². The summed E-state index contributed by atoms with van der Waals surface area (Å²) in [6, 6.07) is 0.401. The van der Waals surface area contributed by atoms with Crippen LogP contribution in [0.3, 0.4) is 0 Å². The van der Waals surface area contributed by atoms with Crippen LogP contribution in [0.1, 0.15) is 79.1 Å². The first-order valence-electron chi connectivity index (χ1n) is 11.3. The lowest BCUT2D eigenvalue weighted by atomic mass is 9.45. The van der Waals surface area contributed by atoms with Gasteiger partial charge in [-0.05, 0) is 79.6 Å². The normalized spacial score (nSPS) is 50.3. The molecule has 0 bridgehead atoms. The summed E-state index contributed by atoms with van der Waals surface area (Å²) < 4.78 is 0. The molecule has 1 aliphatic heterocycles. The van der Waals surface area contributed by atoms with Gasteiger partial charge in [-0.3, -0.25) is 4.79 Å². The molecule has 2 heteroatoms. The van der Waals surface area contributed by atoms with Crippen LogP contribution in [-0.2, 0) is 4.79 Å². The molecule has 146 valence electrons. The fourth-order valence-corrected chi connectivity index (χ4v) is 8.09. The predicted octanol–water partition coefficient (Wildman–Crippen LogP) is 5.68. The second-order valence-corrected chi connectivity index (χ2v) is 10.6. The van der Waals surface area contributed by atoms with Gasteiger partial charge < -0.3 is 4.90 Å². The van der Waals surface area contributed by atoms with E-state index in [1.54, 1.807) is 0 Å².